The smallest absolute Gasteiger partial charge is 0.173 e. The monoisotopic (exact) mass is 318 g/mol. The molecule has 104 valence electrons. The molecular weight excluding hydrogens is 303 g/mol. The lowest BCUT2D eigenvalue weighted by atomic mass is 10.0. The van der Waals surface area contributed by atoms with E-state index in [1.54, 1.807) is 12.1 Å². The van der Waals surface area contributed by atoms with Crippen molar-refractivity contribution in [2.45, 2.75) is 25.3 Å². The van der Waals surface area contributed by atoms with E-state index in [1.165, 1.54) is 0 Å². The van der Waals surface area contributed by atoms with E-state index in [4.69, 9.17) is 35.4 Å². The van der Waals surface area contributed by atoms with Crippen LogP contribution in [0.25, 0.3) is 0 Å². The van der Waals surface area contributed by atoms with Gasteiger partial charge >= 0.3 is 0 Å². The van der Waals surface area contributed by atoms with Crippen molar-refractivity contribution in [3.8, 4) is 0 Å². The third kappa shape index (κ3) is 3.72. The summed E-state index contributed by atoms with van der Waals surface area (Å²) in [6.07, 6.45) is 3.20. The van der Waals surface area contributed by atoms with E-state index >= 15 is 0 Å². The molecular formula is C13H16Cl2N2OS. The molecule has 2 N–H and O–H groups in total. The summed E-state index contributed by atoms with van der Waals surface area (Å²) in [5.74, 6) is 0. The fraction of sp³-hybridized carbons (Fsp3) is 0.462. The molecule has 0 spiro atoms. The van der Waals surface area contributed by atoms with Gasteiger partial charge in [-0.25, -0.2) is 0 Å². The van der Waals surface area contributed by atoms with Crippen LogP contribution in [0.3, 0.4) is 0 Å². The number of thiocarbonyl (C=S) groups is 1. The van der Waals surface area contributed by atoms with Crippen LogP contribution in [-0.4, -0.2) is 34.3 Å². The number of nitrogens with zero attached hydrogens (tertiary/aromatic N) is 1. The van der Waals surface area contributed by atoms with Crippen LogP contribution in [0.4, 0.5) is 5.69 Å². The van der Waals surface area contributed by atoms with Crippen LogP contribution in [-0.2, 0) is 0 Å². The van der Waals surface area contributed by atoms with Gasteiger partial charge in [0.1, 0.15) is 0 Å². The highest BCUT2D eigenvalue weighted by Crippen LogP contribution is 2.26. The molecule has 3 nitrogen and oxygen atoms in total. The molecule has 0 saturated carbocycles. The van der Waals surface area contributed by atoms with E-state index in [2.05, 4.69) is 5.32 Å². The Morgan fingerprint density at radius 2 is 2.16 bits per heavy atom. The van der Waals surface area contributed by atoms with Crippen LogP contribution in [0, 0.1) is 0 Å². The van der Waals surface area contributed by atoms with Gasteiger partial charge in [-0.1, -0.05) is 23.2 Å². The summed E-state index contributed by atoms with van der Waals surface area (Å²) in [6.45, 7) is 1.00. The molecule has 0 aromatic heterocycles. The number of benzene rings is 1. The van der Waals surface area contributed by atoms with E-state index in [-0.39, 0.29) is 12.6 Å². The Hall–Kier alpha value is -0.550. The normalized spacial score (nSPS) is 19.3. The van der Waals surface area contributed by atoms with Crippen molar-refractivity contribution < 1.29 is 5.11 Å². The Labute approximate surface area is 128 Å². The fourth-order valence-corrected chi connectivity index (χ4v) is 2.88. The molecule has 0 amide bonds. The minimum Gasteiger partial charge on any atom is -0.394 e. The first kappa shape index (κ1) is 14.9. The van der Waals surface area contributed by atoms with Crippen LogP contribution < -0.4 is 5.32 Å². The van der Waals surface area contributed by atoms with Gasteiger partial charge in [0.2, 0.25) is 0 Å². The predicted octanol–water partition coefficient (Wildman–Crippen LogP) is 3.54. The molecule has 1 aliphatic rings. The summed E-state index contributed by atoms with van der Waals surface area (Å²) < 4.78 is 0. The maximum absolute atomic E-state index is 9.39. The molecule has 1 heterocycles. The van der Waals surface area contributed by atoms with Gasteiger partial charge in [0.25, 0.3) is 0 Å². The highest BCUT2D eigenvalue weighted by molar-refractivity contribution is 7.80. The highest BCUT2D eigenvalue weighted by atomic mass is 35.5. The molecule has 1 aliphatic heterocycles. The molecule has 6 heteroatoms. The van der Waals surface area contributed by atoms with Gasteiger partial charge in [-0.3, -0.25) is 0 Å². The van der Waals surface area contributed by atoms with Crippen molar-refractivity contribution in [1.29, 1.82) is 0 Å². The Morgan fingerprint density at radius 3 is 2.84 bits per heavy atom. The second-order valence-electron chi connectivity index (χ2n) is 4.58. The van der Waals surface area contributed by atoms with E-state index in [1.807, 2.05) is 11.0 Å². The Morgan fingerprint density at radius 1 is 1.37 bits per heavy atom. The molecule has 0 aliphatic carbocycles. The van der Waals surface area contributed by atoms with Crippen molar-refractivity contribution in [2.75, 3.05) is 18.5 Å². The Kier molecular flexibility index (Phi) is 5.28. The number of hydrogen-bond donors (Lipinski definition) is 2. The summed E-state index contributed by atoms with van der Waals surface area (Å²) in [5.41, 5.74) is 0.807. The number of likely N-dealkylation sites (tertiary alicyclic amines) is 1. The minimum atomic E-state index is 0.108. The maximum Gasteiger partial charge on any atom is 0.173 e. The zero-order chi connectivity index (χ0) is 13.8. The van der Waals surface area contributed by atoms with Crippen LogP contribution in [0.5, 0.6) is 0 Å². The Balaban J connectivity index is 2.05. The third-order valence-corrected chi connectivity index (χ3v) is 4.35. The average molecular weight is 319 g/mol. The molecule has 1 aromatic carbocycles. The van der Waals surface area contributed by atoms with E-state index in [0.717, 1.165) is 31.5 Å². The number of rotatable bonds is 2. The van der Waals surface area contributed by atoms with Gasteiger partial charge < -0.3 is 15.3 Å². The number of aliphatic hydroxyl groups is 1. The van der Waals surface area contributed by atoms with Gasteiger partial charge in [0, 0.05) is 12.2 Å². The highest BCUT2D eigenvalue weighted by Gasteiger charge is 2.23. The molecule has 1 aromatic rings. The number of hydrogen-bond acceptors (Lipinski definition) is 2. The van der Waals surface area contributed by atoms with Crippen molar-refractivity contribution in [3.63, 3.8) is 0 Å². The molecule has 19 heavy (non-hydrogen) atoms. The van der Waals surface area contributed by atoms with Gasteiger partial charge in [-0.15, -0.1) is 0 Å². The second-order valence-corrected chi connectivity index (χ2v) is 5.79. The third-order valence-electron chi connectivity index (χ3n) is 3.27. The number of aliphatic hydroxyl groups excluding tert-OH is 1. The lowest BCUT2D eigenvalue weighted by Gasteiger charge is -2.36. The molecule has 1 unspecified atom stereocenters. The maximum atomic E-state index is 9.39. The number of piperidine rings is 1. The van der Waals surface area contributed by atoms with Crippen molar-refractivity contribution in [2.24, 2.45) is 0 Å². The van der Waals surface area contributed by atoms with E-state index in [0.29, 0.717) is 15.2 Å². The number of anilines is 1. The van der Waals surface area contributed by atoms with Crippen molar-refractivity contribution >= 4 is 46.2 Å². The first-order valence-electron chi connectivity index (χ1n) is 6.25. The summed E-state index contributed by atoms with van der Waals surface area (Å²) in [5, 5.41) is 14.2. The van der Waals surface area contributed by atoms with Gasteiger partial charge in [-0.05, 0) is 49.7 Å². The molecule has 0 radical (unpaired) electrons. The summed E-state index contributed by atoms with van der Waals surface area (Å²) in [4.78, 5) is 2.04. The Bertz CT molecular complexity index is 470. The SMILES string of the molecule is OCC1CCCCN1C(=S)Nc1ccc(Cl)c(Cl)c1. The molecule has 0 bridgehead atoms. The zero-order valence-corrected chi connectivity index (χ0v) is 12.7. The van der Waals surface area contributed by atoms with Crippen LogP contribution in [0.1, 0.15) is 19.3 Å². The topological polar surface area (TPSA) is 35.5 Å². The lowest BCUT2D eigenvalue weighted by molar-refractivity contribution is 0.149. The van der Waals surface area contributed by atoms with Crippen LogP contribution in [0.15, 0.2) is 18.2 Å². The zero-order valence-electron chi connectivity index (χ0n) is 10.4. The second kappa shape index (κ2) is 6.75. The first-order valence-corrected chi connectivity index (χ1v) is 7.42. The van der Waals surface area contributed by atoms with E-state index < -0.39 is 0 Å². The predicted molar refractivity (Wildman–Crippen MR) is 84.1 cm³/mol. The largest absolute Gasteiger partial charge is 0.394 e. The van der Waals surface area contributed by atoms with Crippen LogP contribution in [0.2, 0.25) is 10.0 Å². The fourth-order valence-electron chi connectivity index (χ4n) is 2.23. The molecule has 1 saturated heterocycles. The minimum absolute atomic E-state index is 0.108. The summed E-state index contributed by atoms with van der Waals surface area (Å²) in [6, 6.07) is 5.41. The molecule has 2 rings (SSSR count). The number of nitrogens with one attached hydrogen (secondary N) is 1. The molecule has 1 atom stereocenters. The quantitative estimate of drug-likeness (QED) is 0.818. The average Bonchev–Trinajstić information content (AvgIpc) is 2.43. The summed E-state index contributed by atoms with van der Waals surface area (Å²) in [7, 11) is 0. The van der Waals surface area contributed by atoms with Crippen molar-refractivity contribution in [3.05, 3.63) is 28.2 Å². The van der Waals surface area contributed by atoms with Gasteiger partial charge in [-0.2, -0.15) is 0 Å². The summed E-state index contributed by atoms with van der Waals surface area (Å²) >= 11 is 17.2. The standard InChI is InChI=1S/C13H16Cl2N2OS/c14-11-5-4-9(7-12(11)15)16-13(19)17-6-2-1-3-10(17)8-18/h4-5,7,10,18H,1-3,6,8H2,(H,16,19). The van der Waals surface area contributed by atoms with Crippen LogP contribution >= 0.6 is 35.4 Å². The first-order chi connectivity index (χ1) is 9.11. The van der Waals surface area contributed by atoms with Gasteiger partial charge in [0.15, 0.2) is 5.11 Å². The number of halogens is 2. The van der Waals surface area contributed by atoms with E-state index in [9.17, 15) is 5.11 Å². The van der Waals surface area contributed by atoms with Gasteiger partial charge in [0.05, 0.1) is 22.7 Å². The van der Waals surface area contributed by atoms with Crippen molar-refractivity contribution in [1.82, 2.24) is 4.90 Å². The molecule has 1 fully saturated rings. The lowest BCUT2D eigenvalue weighted by Crippen LogP contribution is -2.47.